The van der Waals surface area contributed by atoms with Gasteiger partial charge in [-0.2, -0.15) is 0 Å². The minimum absolute atomic E-state index is 0.0523. The first-order chi connectivity index (χ1) is 11.3. The van der Waals surface area contributed by atoms with Gasteiger partial charge in [-0.3, -0.25) is 4.79 Å². The van der Waals surface area contributed by atoms with Crippen LogP contribution >= 0.6 is 11.8 Å². The Labute approximate surface area is 147 Å². The van der Waals surface area contributed by atoms with Crippen LogP contribution in [0.3, 0.4) is 0 Å². The van der Waals surface area contributed by atoms with Crippen molar-refractivity contribution in [2.75, 3.05) is 6.26 Å². The summed E-state index contributed by atoms with van der Waals surface area (Å²) in [5.74, 6) is -0.0523. The summed E-state index contributed by atoms with van der Waals surface area (Å²) in [6.07, 6.45) is 1.18. The van der Waals surface area contributed by atoms with E-state index in [0.29, 0.717) is 0 Å². The van der Waals surface area contributed by atoms with Crippen LogP contribution in [0.1, 0.15) is 25.5 Å². The predicted octanol–water partition coefficient (Wildman–Crippen LogP) is 3.45. The Morgan fingerprint density at radius 3 is 2.12 bits per heavy atom. The molecule has 4 nitrogen and oxygen atoms in total. The number of nitrogens with one attached hydrogen (secondary N) is 1. The second-order valence-corrected chi connectivity index (χ2v) is 9.07. The highest BCUT2D eigenvalue weighted by Gasteiger charge is 2.17. The summed E-state index contributed by atoms with van der Waals surface area (Å²) in [5, 5.41) is 2.75. The van der Waals surface area contributed by atoms with Crippen LogP contribution in [-0.2, 0) is 14.6 Å². The van der Waals surface area contributed by atoms with Crippen molar-refractivity contribution in [3.8, 4) is 0 Å². The molecule has 0 bridgehead atoms. The fraction of sp³-hybridized carbons (Fsp3) is 0.278. The topological polar surface area (TPSA) is 63.2 Å². The van der Waals surface area contributed by atoms with Gasteiger partial charge in [-0.05, 0) is 43.7 Å². The lowest BCUT2D eigenvalue weighted by molar-refractivity contribution is -0.120. The summed E-state index contributed by atoms with van der Waals surface area (Å²) in [6, 6.07) is 16.2. The largest absolute Gasteiger partial charge is 0.349 e. The normalized spacial score (nSPS) is 14.0. The molecule has 0 aliphatic rings. The fourth-order valence-corrected chi connectivity index (χ4v) is 3.70. The number of benzene rings is 2. The number of sulfone groups is 1. The summed E-state index contributed by atoms with van der Waals surface area (Å²) in [4.78, 5) is 13.7. The van der Waals surface area contributed by atoms with E-state index < -0.39 is 9.84 Å². The lowest BCUT2D eigenvalue weighted by Crippen LogP contribution is -2.33. The van der Waals surface area contributed by atoms with Gasteiger partial charge in [0.2, 0.25) is 5.91 Å². The van der Waals surface area contributed by atoms with Gasteiger partial charge >= 0.3 is 0 Å². The molecule has 0 aliphatic heterocycles. The number of amides is 1. The average molecular weight is 364 g/mol. The highest BCUT2D eigenvalue weighted by Crippen LogP contribution is 2.24. The lowest BCUT2D eigenvalue weighted by Gasteiger charge is -2.18. The van der Waals surface area contributed by atoms with Crippen LogP contribution in [0.15, 0.2) is 64.4 Å². The Morgan fingerprint density at radius 2 is 1.58 bits per heavy atom. The van der Waals surface area contributed by atoms with Gasteiger partial charge in [-0.15, -0.1) is 11.8 Å². The molecule has 0 saturated carbocycles. The number of carbonyl (C=O) groups excluding carboxylic acids is 1. The van der Waals surface area contributed by atoms with Crippen LogP contribution < -0.4 is 5.32 Å². The molecule has 2 rings (SSSR count). The highest BCUT2D eigenvalue weighted by atomic mass is 32.2. The van der Waals surface area contributed by atoms with Crippen LogP contribution in [0, 0.1) is 0 Å². The van der Waals surface area contributed by atoms with Crippen molar-refractivity contribution in [2.45, 2.75) is 34.9 Å². The van der Waals surface area contributed by atoms with Gasteiger partial charge in [-0.25, -0.2) is 8.42 Å². The summed E-state index contributed by atoms with van der Waals surface area (Å²) in [6.45, 7) is 3.75. The molecule has 2 atom stereocenters. The zero-order chi connectivity index (χ0) is 17.7. The minimum atomic E-state index is -3.21. The average Bonchev–Trinajstić information content (AvgIpc) is 2.55. The molecule has 0 radical (unpaired) electrons. The number of carbonyl (C=O) groups is 1. The Balaban J connectivity index is 1.98. The molecule has 0 aliphatic carbocycles. The second kappa shape index (κ2) is 7.85. The Morgan fingerprint density at radius 1 is 1.00 bits per heavy atom. The second-order valence-electron chi connectivity index (χ2n) is 5.64. The van der Waals surface area contributed by atoms with E-state index in [1.807, 2.05) is 44.2 Å². The first kappa shape index (κ1) is 18.5. The predicted molar refractivity (Wildman–Crippen MR) is 97.9 cm³/mol. The van der Waals surface area contributed by atoms with Crippen molar-refractivity contribution in [2.24, 2.45) is 0 Å². The van der Waals surface area contributed by atoms with Crippen LogP contribution in [0.25, 0.3) is 0 Å². The minimum Gasteiger partial charge on any atom is -0.349 e. The summed E-state index contributed by atoms with van der Waals surface area (Å²) in [7, 11) is -3.21. The Kier molecular flexibility index (Phi) is 6.07. The molecule has 0 spiro atoms. The van der Waals surface area contributed by atoms with Crippen LogP contribution in [-0.4, -0.2) is 25.8 Å². The van der Waals surface area contributed by atoms with Gasteiger partial charge in [0, 0.05) is 11.2 Å². The van der Waals surface area contributed by atoms with Crippen LogP contribution in [0.4, 0.5) is 0 Å². The first-order valence-electron chi connectivity index (χ1n) is 7.59. The van der Waals surface area contributed by atoms with Gasteiger partial charge in [0.15, 0.2) is 9.84 Å². The highest BCUT2D eigenvalue weighted by molar-refractivity contribution is 8.00. The maximum absolute atomic E-state index is 12.3. The van der Waals surface area contributed by atoms with E-state index in [9.17, 15) is 13.2 Å². The summed E-state index contributed by atoms with van der Waals surface area (Å²) in [5.41, 5.74) is 0.868. The maximum Gasteiger partial charge on any atom is 0.233 e. The SMILES string of the molecule is C[C@H](Sc1ccccc1)C(=O)N[C@@H](C)c1ccc(S(C)(=O)=O)cc1. The molecule has 128 valence electrons. The molecule has 0 aromatic heterocycles. The lowest BCUT2D eigenvalue weighted by atomic mass is 10.1. The third kappa shape index (κ3) is 5.11. The molecule has 24 heavy (non-hydrogen) atoms. The van der Waals surface area contributed by atoms with E-state index in [-0.39, 0.29) is 22.1 Å². The fourth-order valence-electron chi connectivity index (χ4n) is 2.17. The smallest absolute Gasteiger partial charge is 0.233 e. The molecule has 2 aromatic rings. The third-order valence-electron chi connectivity index (χ3n) is 3.59. The zero-order valence-corrected chi connectivity index (χ0v) is 15.5. The van der Waals surface area contributed by atoms with Crippen molar-refractivity contribution in [1.29, 1.82) is 0 Å². The van der Waals surface area contributed by atoms with Crippen molar-refractivity contribution in [3.05, 3.63) is 60.2 Å². The summed E-state index contributed by atoms with van der Waals surface area (Å²) >= 11 is 1.50. The van der Waals surface area contributed by atoms with E-state index in [1.54, 1.807) is 24.3 Å². The molecule has 2 aromatic carbocycles. The Hall–Kier alpha value is -1.79. The first-order valence-corrected chi connectivity index (χ1v) is 10.4. The maximum atomic E-state index is 12.3. The van der Waals surface area contributed by atoms with Crippen molar-refractivity contribution < 1.29 is 13.2 Å². The monoisotopic (exact) mass is 363 g/mol. The van der Waals surface area contributed by atoms with E-state index >= 15 is 0 Å². The van der Waals surface area contributed by atoms with Gasteiger partial charge in [-0.1, -0.05) is 30.3 Å². The number of hydrogen-bond donors (Lipinski definition) is 1. The molecule has 1 N–H and O–H groups in total. The van der Waals surface area contributed by atoms with Crippen molar-refractivity contribution in [1.82, 2.24) is 5.32 Å². The van der Waals surface area contributed by atoms with Gasteiger partial charge < -0.3 is 5.32 Å². The number of rotatable bonds is 6. The van der Waals surface area contributed by atoms with Gasteiger partial charge in [0.05, 0.1) is 16.2 Å². The molecular weight excluding hydrogens is 342 g/mol. The molecular formula is C18H21NO3S2. The van der Waals surface area contributed by atoms with Crippen LogP contribution in [0.2, 0.25) is 0 Å². The van der Waals surface area contributed by atoms with Crippen molar-refractivity contribution >= 4 is 27.5 Å². The molecule has 0 heterocycles. The van der Waals surface area contributed by atoms with E-state index in [1.165, 1.54) is 18.0 Å². The zero-order valence-electron chi connectivity index (χ0n) is 13.9. The molecule has 0 unspecified atom stereocenters. The molecule has 0 saturated heterocycles. The van der Waals surface area contributed by atoms with E-state index in [2.05, 4.69) is 5.32 Å². The quantitative estimate of drug-likeness (QED) is 0.799. The molecule has 1 amide bonds. The van der Waals surface area contributed by atoms with Crippen molar-refractivity contribution in [3.63, 3.8) is 0 Å². The number of hydrogen-bond acceptors (Lipinski definition) is 4. The van der Waals surface area contributed by atoms with Gasteiger partial charge in [0.1, 0.15) is 0 Å². The standard InChI is InChI=1S/C18H21NO3S2/c1-13(15-9-11-17(12-10-15)24(3,21)22)19-18(20)14(2)23-16-7-5-4-6-8-16/h4-14H,1-3H3,(H,19,20)/t13-,14-/m0/s1. The number of thioether (sulfide) groups is 1. The molecule has 6 heteroatoms. The summed E-state index contributed by atoms with van der Waals surface area (Å²) < 4.78 is 23.0. The van der Waals surface area contributed by atoms with E-state index in [0.717, 1.165) is 10.5 Å². The third-order valence-corrected chi connectivity index (χ3v) is 5.83. The Bertz CT molecular complexity index is 787. The van der Waals surface area contributed by atoms with E-state index in [4.69, 9.17) is 0 Å². The molecule has 0 fully saturated rings. The van der Waals surface area contributed by atoms with Gasteiger partial charge in [0.25, 0.3) is 0 Å². The van der Waals surface area contributed by atoms with Crippen LogP contribution in [0.5, 0.6) is 0 Å².